The molecule has 1 aromatic heterocycles. The zero-order chi connectivity index (χ0) is 15.0. The number of nitrogens with one attached hydrogen (secondary N) is 2. The summed E-state index contributed by atoms with van der Waals surface area (Å²) in [6.07, 6.45) is 1.56. The van der Waals surface area contributed by atoms with Crippen LogP contribution in [0.1, 0.15) is 5.76 Å². The maximum Gasteiger partial charge on any atom is 0.274 e. The van der Waals surface area contributed by atoms with E-state index in [0.29, 0.717) is 32.8 Å². The van der Waals surface area contributed by atoms with Gasteiger partial charge in [-0.25, -0.2) is 0 Å². The van der Waals surface area contributed by atoms with Crippen molar-refractivity contribution in [1.29, 1.82) is 0 Å². The Morgan fingerprint density at radius 3 is 2.43 bits per heavy atom. The van der Waals surface area contributed by atoms with Gasteiger partial charge in [-0.3, -0.25) is 10.1 Å². The fraction of sp³-hybridized carbons (Fsp3) is 0. The smallest absolute Gasteiger partial charge is 0.274 e. The van der Waals surface area contributed by atoms with Crippen molar-refractivity contribution in [3.63, 3.8) is 0 Å². The average molecular weight is 339 g/mol. The van der Waals surface area contributed by atoms with Crippen LogP contribution in [0.2, 0.25) is 10.0 Å². The van der Waals surface area contributed by atoms with Crippen LogP contribution in [0.3, 0.4) is 0 Å². The van der Waals surface area contributed by atoms with E-state index in [2.05, 4.69) is 10.6 Å². The normalized spacial score (nSPS) is 16.2. The predicted molar refractivity (Wildman–Crippen MR) is 86.0 cm³/mol. The second-order valence-corrected chi connectivity index (χ2v) is 5.49. The topological polar surface area (TPSA) is 54.3 Å². The third kappa shape index (κ3) is 2.81. The maximum absolute atomic E-state index is 11.6. The molecular formula is C14H8Cl2N2O2S. The number of thiocarbonyl (C=S) groups is 1. The Kier molecular flexibility index (Phi) is 3.71. The number of carbonyl (C=O) groups is 1. The van der Waals surface area contributed by atoms with Gasteiger partial charge in [-0.1, -0.05) is 29.3 Å². The predicted octanol–water partition coefficient (Wildman–Crippen LogP) is 3.60. The van der Waals surface area contributed by atoms with Gasteiger partial charge in [0.2, 0.25) is 0 Å². The quantitative estimate of drug-likeness (QED) is 0.648. The summed E-state index contributed by atoms with van der Waals surface area (Å²) in [5.41, 5.74) is 0.941. The van der Waals surface area contributed by atoms with Crippen molar-refractivity contribution in [3.05, 3.63) is 51.8 Å². The fourth-order valence-electron chi connectivity index (χ4n) is 1.92. The fourth-order valence-corrected chi connectivity index (χ4v) is 2.71. The summed E-state index contributed by atoms with van der Waals surface area (Å²) >= 11 is 17.1. The van der Waals surface area contributed by atoms with Crippen LogP contribution in [0.25, 0.3) is 17.4 Å². The summed E-state index contributed by atoms with van der Waals surface area (Å²) < 4.78 is 5.67. The van der Waals surface area contributed by atoms with Crippen molar-refractivity contribution >= 4 is 52.5 Å². The number of halogens is 2. The molecule has 2 aromatic rings. The molecule has 1 fully saturated rings. The molecule has 1 aliphatic rings. The largest absolute Gasteiger partial charge is 0.457 e. The molecule has 2 N–H and O–H groups in total. The molecule has 1 aliphatic heterocycles. The molecule has 2 heterocycles. The Hall–Kier alpha value is -1.82. The molecule has 0 radical (unpaired) electrons. The number of carbonyl (C=O) groups excluding carboxylic acids is 1. The molecule has 0 spiro atoms. The first-order chi connectivity index (χ1) is 10.0. The number of hydrogen-bond acceptors (Lipinski definition) is 3. The summed E-state index contributed by atoms with van der Waals surface area (Å²) in [4.78, 5) is 11.6. The minimum Gasteiger partial charge on any atom is -0.457 e. The maximum atomic E-state index is 11.6. The van der Waals surface area contributed by atoms with Crippen LogP contribution in [0, 0.1) is 0 Å². The van der Waals surface area contributed by atoms with Gasteiger partial charge in [0, 0.05) is 6.08 Å². The van der Waals surface area contributed by atoms with Gasteiger partial charge in [-0.05, 0) is 36.5 Å². The van der Waals surface area contributed by atoms with Gasteiger partial charge in [-0.15, -0.1) is 0 Å². The molecule has 0 unspecified atom stereocenters. The van der Waals surface area contributed by atoms with Gasteiger partial charge in [0.05, 0.1) is 15.6 Å². The standard InChI is InChI=1S/C14H8Cl2N2O2S/c15-8-2-1-3-9(16)12(8)11-5-4-7(20-11)6-10-13(19)18-14(21)17-10/h1-6H,(H2,17,18,19,21)/b10-6-. The van der Waals surface area contributed by atoms with Crippen molar-refractivity contribution in [1.82, 2.24) is 10.6 Å². The third-order valence-electron chi connectivity index (χ3n) is 2.84. The molecule has 1 amide bonds. The van der Waals surface area contributed by atoms with Gasteiger partial charge in [0.15, 0.2) is 5.11 Å². The van der Waals surface area contributed by atoms with Crippen molar-refractivity contribution in [2.75, 3.05) is 0 Å². The van der Waals surface area contributed by atoms with Gasteiger partial charge >= 0.3 is 0 Å². The monoisotopic (exact) mass is 338 g/mol. The molecule has 1 saturated heterocycles. The van der Waals surface area contributed by atoms with E-state index in [1.807, 2.05) is 0 Å². The minimum atomic E-state index is -0.297. The Morgan fingerprint density at radius 1 is 1.10 bits per heavy atom. The van der Waals surface area contributed by atoms with Gasteiger partial charge in [0.25, 0.3) is 5.91 Å². The van der Waals surface area contributed by atoms with Crippen LogP contribution in [0.5, 0.6) is 0 Å². The molecule has 21 heavy (non-hydrogen) atoms. The van der Waals surface area contributed by atoms with E-state index in [0.717, 1.165) is 0 Å². The van der Waals surface area contributed by atoms with Crippen molar-refractivity contribution in [3.8, 4) is 11.3 Å². The molecule has 106 valence electrons. The van der Waals surface area contributed by atoms with Crippen LogP contribution < -0.4 is 10.6 Å². The molecule has 1 aromatic carbocycles. The molecule has 0 atom stereocenters. The number of hydrogen-bond donors (Lipinski definition) is 2. The molecule has 0 saturated carbocycles. The summed E-state index contributed by atoms with van der Waals surface area (Å²) in [5, 5.41) is 6.48. The van der Waals surface area contributed by atoms with Crippen molar-refractivity contribution < 1.29 is 9.21 Å². The summed E-state index contributed by atoms with van der Waals surface area (Å²) in [6, 6.07) is 8.68. The van der Waals surface area contributed by atoms with Gasteiger partial charge < -0.3 is 9.73 Å². The lowest BCUT2D eigenvalue weighted by atomic mass is 10.2. The van der Waals surface area contributed by atoms with Crippen LogP contribution in [0.15, 0.2) is 40.4 Å². The summed E-state index contributed by atoms with van der Waals surface area (Å²) in [6.45, 7) is 0. The number of furan rings is 1. The van der Waals surface area contributed by atoms with Crippen LogP contribution in [-0.4, -0.2) is 11.0 Å². The Labute approximate surface area is 135 Å². The first-order valence-corrected chi connectivity index (χ1v) is 7.09. The second-order valence-electron chi connectivity index (χ2n) is 4.26. The number of benzene rings is 1. The van der Waals surface area contributed by atoms with E-state index in [4.69, 9.17) is 39.8 Å². The van der Waals surface area contributed by atoms with Crippen molar-refractivity contribution in [2.24, 2.45) is 0 Å². The minimum absolute atomic E-state index is 0.271. The first-order valence-electron chi connectivity index (χ1n) is 5.93. The lowest BCUT2D eigenvalue weighted by molar-refractivity contribution is -0.115. The zero-order valence-electron chi connectivity index (χ0n) is 10.4. The zero-order valence-corrected chi connectivity index (χ0v) is 12.8. The first kappa shape index (κ1) is 14.1. The van der Waals surface area contributed by atoms with Gasteiger partial charge in [0.1, 0.15) is 17.2 Å². The second kappa shape index (κ2) is 5.52. The highest BCUT2D eigenvalue weighted by atomic mass is 35.5. The highest BCUT2D eigenvalue weighted by Crippen LogP contribution is 2.35. The average Bonchev–Trinajstić information content (AvgIpc) is 2.97. The van der Waals surface area contributed by atoms with E-state index in [1.165, 1.54) is 0 Å². The van der Waals surface area contributed by atoms with E-state index in [1.54, 1.807) is 36.4 Å². The number of amides is 1. The van der Waals surface area contributed by atoms with Crippen LogP contribution in [-0.2, 0) is 4.79 Å². The lowest BCUT2D eigenvalue weighted by Gasteiger charge is -2.02. The summed E-state index contributed by atoms with van der Waals surface area (Å²) in [5.74, 6) is 0.718. The van der Waals surface area contributed by atoms with Crippen molar-refractivity contribution in [2.45, 2.75) is 0 Å². The van der Waals surface area contributed by atoms with Crippen LogP contribution in [0.4, 0.5) is 0 Å². The van der Waals surface area contributed by atoms with E-state index >= 15 is 0 Å². The Balaban J connectivity index is 1.96. The van der Waals surface area contributed by atoms with E-state index in [9.17, 15) is 4.79 Å². The van der Waals surface area contributed by atoms with E-state index < -0.39 is 0 Å². The molecule has 3 rings (SSSR count). The van der Waals surface area contributed by atoms with Gasteiger partial charge in [-0.2, -0.15) is 0 Å². The SMILES string of the molecule is O=C1NC(=S)N/C1=C\c1ccc(-c2c(Cl)cccc2Cl)o1. The highest BCUT2D eigenvalue weighted by molar-refractivity contribution is 7.80. The lowest BCUT2D eigenvalue weighted by Crippen LogP contribution is -2.21. The Bertz CT molecular complexity index is 763. The highest BCUT2D eigenvalue weighted by Gasteiger charge is 2.21. The molecule has 7 heteroatoms. The molecule has 0 aliphatic carbocycles. The molecular weight excluding hydrogens is 331 g/mol. The Morgan fingerprint density at radius 2 is 1.81 bits per heavy atom. The summed E-state index contributed by atoms with van der Waals surface area (Å²) in [7, 11) is 0. The number of rotatable bonds is 2. The van der Waals surface area contributed by atoms with Crippen LogP contribution >= 0.6 is 35.4 Å². The molecule has 4 nitrogen and oxygen atoms in total. The third-order valence-corrected chi connectivity index (χ3v) is 3.68. The van der Waals surface area contributed by atoms with E-state index in [-0.39, 0.29) is 11.0 Å². The molecule has 0 bridgehead atoms.